The Bertz CT molecular complexity index is 136. The van der Waals surface area contributed by atoms with Crippen molar-refractivity contribution in [2.75, 3.05) is 11.8 Å². The van der Waals surface area contributed by atoms with Gasteiger partial charge in [0.05, 0.1) is 0 Å². The quantitative estimate of drug-likeness (QED) is 0.258. The molecule has 0 fully saturated rings. The summed E-state index contributed by atoms with van der Waals surface area (Å²) in [5.74, 6) is 1.17. The molecule has 0 saturated carbocycles. The number of hydrogen-bond donors (Lipinski definition) is 0. The van der Waals surface area contributed by atoms with Gasteiger partial charge in [0.2, 0.25) is 0 Å². The summed E-state index contributed by atoms with van der Waals surface area (Å²) in [7, 11) is 0. The first kappa shape index (κ1) is 21.1. The summed E-state index contributed by atoms with van der Waals surface area (Å²) >= 11 is 43.8. The molecule has 0 atom stereocenters. The monoisotopic (exact) mass is 420 g/mol. The number of hydrogen-bond acceptors (Lipinski definition) is 0. The average molecular weight is 424 g/mol. The van der Waals surface area contributed by atoms with Crippen LogP contribution in [0.3, 0.4) is 0 Å². The molecule has 0 aliphatic rings. The Labute approximate surface area is 137 Å². The molecule has 0 aliphatic heterocycles. The number of halogens is 8. The van der Waals surface area contributed by atoms with Gasteiger partial charge in [-0.15, -0.1) is 89.7 Å². The summed E-state index contributed by atoms with van der Waals surface area (Å²) in [6.07, 6.45) is 1.62. The van der Waals surface area contributed by atoms with Crippen LogP contribution in [-0.4, -0.2) is 23.8 Å². The van der Waals surface area contributed by atoms with Gasteiger partial charge in [-0.3, -0.25) is 0 Å². The van der Waals surface area contributed by atoms with Crippen molar-refractivity contribution in [2.24, 2.45) is 0 Å². The molecule has 0 aromatic rings. The third-order valence-corrected chi connectivity index (χ3v) is 6.96. The first-order valence-corrected chi connectivity index (χ1v) is 15.9. The second-order valence-corrected chi connectivity index (χ2v) is 22.1. The van der Waals surface area contributed by atoms with Crippen LogP contribution in [0.4, 0.5) is 0 Å². The molecule has 0 heterocycles. The lowest BCUT2D eigenvalue weighted by Gasteiger charge is -2.03. The molecular formula is C6H12Cl8Si2. The van der Waals surface area contributed by atoms with Crippen LogP contribution in [0.25, 0.3) is 0 Å². The normalized spacial score (nSPS) is 12.0. The van der Waals surface area contributed by atoms with E-state index >= 15 is 0 Å². The average Bonchev–Trinajstić information content (AvgIpc) is 2.10. The van der Waals surface area contributed by atoms with Crippen LogP contribution >= 0.6 is 89.7 Å². The molecule has 0 aromatic heterocycles. The van der Waals surface area contributed by atoms with E-state index in [9.17, 15) is 0 Å². The lowest BCUT2D eigenvalue weighted by Crippen LogP contribution is -2.07. The van der Waals surface area contributed by atoms with Crippen LogP contribution in [0.15, 0.2) is 0 Å². The van der Waals surface area contributed by atoms with E-state index in [1.54, 1.807) is 0 Å². The molecule has 0 aliphatic carbocycles. The number of rotatable bonds is 6. The maximum Gasteiger partial charge on any atom is 0.341 e. The highest BCUT2D eigenvalue weighted by atomic mass is 35.8. The third-order valence-electron chi connectivity index (χ3n) is 1.19. The molecule has 100 valence electrons. The van der Waals surface area contributed by atoms with Gasteiger partial charge in [0.15, 0.2) is 0 Å². The van der Waals surface area contributed by atoms with E-state index in [0.29, 0.717) is 23.8 Å². The zero-order chi connectivity index (χ0) is 13.2. The van der Waals surface area contributed by atoms with Gasteiger partial charge in [-0.2, -0.15) is 0 Å². The summed E-state index contributed by atoms with van der Waals surface area (Å²) in [4.78, 5) is 0. The van der Waals surface area contributed by atoms with Gasteiger partial charge in [-0.25, -0.2) is 0 Å². The van der Waals surface area contributed by atoms with Gasteiger partial charge in [-0.1, -0.05) is 0 Å². The highest BCUT2D eigenvalue weighted by molar-refractivity contribution is 7.65. The third kappa shape index (κ3) is 25.6. The fraction of sp³-hybridized carbons (Fsp3) is 1.00. The predicted molar refractivity (Wildman–Crippen MR) is 86.9 cm³/mol. The molecular weight excluding hydrogens is 412 g/mol. The Morgan fingerprint density at radius 2 is 0.812 bits per heavy atom. The van der Waals surface area contributed by atoms with Crippen LogP contribution in [0.5, 0.6) is 0 Å². The highest BCUT2D eigenvalue weighted by Gasteiger charge is 2.23. The Kier molecular flexibility index (Phi) is 15.2. The molecule has 0 amide bonds. The van der Waals surface area contributed by atoms with E-state index in [-0.39, 0.29) is 0 Å². The minimum atomic E-state index is -2.35. The summed E-state index contributed by atoms with van der Waals surface area (Å²) in [6.45, 7) is 0. The Morgan fingerprint density at radius 1 is 0.562 bits per heavy atom. The molecule has 0 unspecified atom stereocenters. The molecule has 0 saturated heterocycles. The van der Waals surface area contributed by atoms with Crippen LogP contribution in [0.1, 0.15) is 12.8 Å². The molecule has 0 N–H and O–H groups in total. The van der Waals surface area contributed by atoms with Crippen molar-refractivity contribution in [3.63, 3.8) is 0 Å². The summed E-state index contributed by atoms with van der Waals surface area (Å²) in [5, 5.41) is 0. The molecule has 0 nitrogen and oxygen atoms in total. The maximum absolute atomic E-state index is 5.52. The standard InChI is InChI=1S/2C3H6Cl4Si/c2*4-2-1-3-8(5,6)7/h2*1-3H2. The fourth-order valence-corrected chi connectivity index (χ4v) is 4.81. The van der Waals surface area contributed by atoms with Gasteiger partial charge in [0.25, 0.3) is 0 Å². The first-order valence-electron chi connectivity index (χ1n) is 4.38. The maximum atomic E-state index is 5.52. The fourth-order valence-electron chi connectivity index (χ4n) is 0.535. The smallest absolute Gasteiger partial charge is 0.127 e. The van der Waals surface area contributed by atoms with E-state index < -0.39 is 12.0 Å². The van der Waals surface area contributed by atoms with Crippen molar-refractivity contribution in [3.8, 4) is 0 Å². The van der Waals surface area contributed by atoms with Crippen molar-refractivity contribution in [1.29, 1.82) is 0 Å². The van der Waals surface area contributed by atoms with Gasteiger partial charge in [0, 0.05) is 11.8 Å². The molecule has 0 radical (unpaired) electrons. The molecule has 0 spiro atoms. The lowest BCUT2D eigenvalue weighted by atomic mass is 10.6. The van der Waals surface area contributed by atoms with Crippen LogP contribution in [0, 0.1) is 0 Å². The van der Waals surface area contributed by atoms with Gasteiger partial charge < -0.3 is 0 Å². The number of alkyl halides is 2. The van der Waals surface area contributed by atoms with Crippen molar-refractivity contribution >= 4 is 102 Å². The van der Waals surface area contributed by atoms with E-state index in [1.807, 2.05) is 0 Å². The predicted octanol–water partition coefficient (Wildman–Crippen LogP) is 6.54. The van der Waals surface area contributed by atoms with Crippen molar-refractivity contribution in [1.82, 2.24) is 0 Å². The Balaban J connectivity index is 0. The Morgan fingerprint density at radius 3 is 0.875 bits per heavy atom. The topological polar surface area (TPSA) is 0 Å². The van der Waals surface area contributed by atoms with E-state index in [4.69, 9.17) is 89.7 Å². The summed E-state index contributed by atoms with van der Waals surface area (Å²) in [6, 6.07) is -3.36. The van der Waals surface area contributed by atoms with E-state index in [2.05, 4.69) is 0 Å². The van der Waals surface area contributed by atoms with Crippen molar-refractivity contribution in [3.05, 3.63) is 0 Å². The molecule has 10 heteroatoms. The Hall–Kier alpha value is 2.75. The lowest BCUT2D eigenvalue weighted by molar-refractivity contribution is 1.08. The molecule has 0 bridgehead atoms. The van der Waals surface area contributed by atoms with Gasteiger partial charge >= 0.3 is 12.0 Å². The second-order valence-electron chi connectivity index (χ2n) is 2.82. The van der Waals surface area contributed by atoms with E-state index in [1.165, 1.54) is 0 Å². The molecule has 0 aromatic carbocycles. The summed E-state index contributed by atoms with van der Waals surface area (Å²) in [5.41, 5.74) is 0. The largest absolute Gasteiger partial charge is 0.341 e. The highest BCUT2D eigenvalue weighted by Crippen LogP contribution is 2.26. The van der Waals surface area contributed by atoms with Crippen LogP contribution < -0.4 is 0 Å². The summed E-state index contributed by atoms with van der Waals surface area (Å²) < 4.78 is 0. The molecule has 0 rings (SSSR count). The zero-order valence-corrected chi connectivity index (χ0v) is 16.3. The van der Waals surface area contributed by atoms with Crippen LogP contribution in [0.2, 0.25) is 12.1 Å². The second kappa shape index (κ2) is 11.6. The SMILES string of the molecule is ClCCC[Si](Cl)(Cl)Cl.ClCCC[Si](Cl)(Cl)Cl. The zero-order valence-electron chi connectivity index (χ0n) is 8.27. The molecule has 16 heavy (non-hydrogen) atoms. The minimum Gasteiger partial charge on any atom is -0.127 e. The van der Waals surface area contributed by atoms with E-state index in [0.717, 1.165) is 12.8 Å². The van der Waals surface area contributed by atoms with Crippen LogP contribution in [-0.2, 0) is 0 Å². The van der Waals surface area contributed by atoms with Crippen molar-refractivity contribution in [2.45, 2.75) is 24.9 Å². The minimum absolute atomic E-state index is 0.584. The van der Waals surface area contributed by atoms with Gasteiger partial charge in [-0.05, 0) is 24.9 Å². The van der Waals surface area contributed by atoms with Crippen molar-refractivity contribution < 1.29 is 0 Å². The van der Waals surface area contributed by atoms with Gasteiger partial charge in [0.1, 0.15) is 0 Å². The first-order chi connectivity index (χ1) is 7.12.